The van der Waals surface area contributed by atoms with Crippen LogP contribution in [0.2, 0.25) is 0 Å². The summed E-state index contributed by atoms with van der Waals surface area (Å²) in [5.74, 6) is 0. The maximum atomic E-state index is 9.57. The van der Waals surface area contributed by atoms with Crippen molar-refractivity contribution in [3.8, 4) is 0 Å². The van der Waals surface area contributed by atoms with Gasteiger partial charge in [-0.15, -0.1) is 0 Å². The topological polar surface area (TPSA) is 46.2 Å². The molecule has 0 radical (unpaired) electrons. The molecule has 0 saturated heterocycles. The standard InChI is InChI=1S/C2H3NO2S/c4-1-3-2(5)6/h1H,(H2,3,4,5,6). The van der Waals surface area contributed by atoms with Crippen molar-refractivity contribution in [1.82, 2.24) is 5.32 Å². The van der Waals surface area contributed by atoms with Gasteiger partial charge in [0.15, 0.2) is 0 Å². The van der Waals surface area contributed by atoms with Crippen LogP contribution in [0.5, 0.6) is 0 Å². The summed E-state index contributed by atoms with van der Waals surface area (Å²) in [6, 6.07) is 0. The Labute approximate surface area is 40.1 Å². The average molecular weight is 105 g/mol. The largest absolute Gasteiger partial charge is 0.290 e. The van der Waals surface area contributed by atoms with Gasteiger partial charge in [-0.25, -0.2) is 0 Å². The molecule has 4 heteroatoms. The van der Waals surface area contributed by atoms with Crippen molar-refractivity contribution in [1.29, 1.82) is 0 Å². The number of imide groups is 1. The Balaban J connectivity index is 3.05. The van der Waals surface area contributed by atoms with E-state index < -0.39 is 5.24 Å². The van der Waals surface area contributed by atoms with Crippen LogP contribution in [0, 0.1) is 0 Å². The lowest BCUT2D eigenvalue weighted by atomic mass is 11.2. The van der Waals surface area contributed by atoms with E-state index in [1.165, 1.54) is 0 Å². The average Bonchev–Trinajstić information content (AvgIpc) is 1.35. The van der Waals surface area contributed by atoms with E-state index in [1.54, 1.807) is 5.32 Å². The first-order chi connectivity index (χ1) is 2.77. The van der Waals surface area contributed by atoms with Gasteiger partial charge in [-0.1, -0.05) is 12.6 Å². The Morgan fingerprint density at radius 2 is 2.33 bits per heavy atom. The molecule has 0 bridgehead atoms. The first-order valence-corrected chi connectivity index (χ1v) is 1.65. The third-order valence-electron chi connectivity index (χ3n) is 0.182. The molecule has 0 aromatic rings. The van der Waals surface area contributed by atoms with Crippen molar-refractivity contribution < 1.29 is 9.59 Å². The van der Waals surface area contributed by atoms with E-state index in [2.05, 4.69) is 12.6 Å². The molecule has 0 unspecified atom stereocenters. The van der Waals surface area contributed by atoms with E-state index in [0.717, 1.165) is 0 Å². The van der Waals surface area contributed by atoms with E-state index in [9.17, 15) is 9.59 Å². The first-order valence-electron chi connectivity index (χ1n) is 1.20. The lowest BCUT2D eigenvalue weighted by Crippen LogP contribution is -2.12. The molecular weight excluding hydrogens is 102 g/mol. The van der Waals surface area contributed by atoms with Crippen LogP contribution in [0.15, 0.2) is 0 Å². The van der Waals surface area contributed by atoms with Crippen molar-refractivity contribution in [3.63, 3.8) is 0 Å². The highest BCUT2D eigenvalue weighted by Gasteiger charge is 1.80. The van der Waals surface area contributed by atoms with Crippen molar-refractivity contribution >= 4 is 24.3 Å². The monoisotopic (exact) mass is 105 g/mol. The number of rotatable bonds is 1. The second-order valence-corrected chi connectivity index (χ2v) is 0.974. The van der Waals surface area contributed by atoms with E-state index in [1.807, 2.05) is 0 Å². The third kappa shape index (κ3) is 3.49. The molecule has 0 rings (SSSR count). The number of carbonyl (C=O) groups is 2. The molecule has 0 atom stereocenters. The van der Waals surface area contributed by atoms with Crippen molar-refractivity contribution in [2.45, 2.75) is 0 Å². The molecule has 3 nitrogen and oxygen atoms in total. The molecule has 0 saturated carbocycles. The number of nitrogens with one attached hydrogen (secondary N) is 1. The second kappa shape index (κ2) is 2.71. The zero-order valence-electron chi connectivity index (χ0n) is 2.84. The third-order valence-corrected chi connectivity index (χ3v) is 0.312. The molecule has 0 aliphatic rings. The highest BCUT2D eigenvalue weighted by molar-refractivity contribution is 7.96. The van der Waals surface area contributed by atoms with Gasteiger partial charge in [0.05, 0.1) is 0 Å². The molecule has 0 heterocycles. The Hall–Kier alpha value is -0.510. The summed E-state index contributed by atoms with van der Waals surface area (Å²) in [7, 11) is 0. The van der Waals surface area contributed by atoms with Crippen molar-refractivity contribution in [2.24, 2.45) is 0 Å². The van der Waals surface area contributed by atoms with Crippen LogP contribution < -0.4 is 5.32 Å². The van der Waals surface area contributed by atoms with Crippen LogP contribution >= 0.6 is 12.6 Å². The summed E-state index contributed by atoms with van der Waals surface area (Å²) < 4.78 is 0. The summed E-state index contributed by atoms with van der Waals surface area (Å²) in [4.78, 5) is 18.8. The lowest BCUT2D eigenvalue weighted by Gasteiger charge is -1.77. The molecule has 6 heavy (non-hydrogen) atoms. The van der Waals surface area contributed by atoms with Gasteiger partial charge in [-0.3, -0.25) is 14.9 Å². The van der Waals surface area contributed by atoms with Gasteiger partial charge in [-0.05, 0) is 0 Å². The number of thiol groups is 1. The molecule has 34 valence electrons. The van der Waals surface area contributed by atoms with Crippen molar-refractivity contribution in [3.05, 3.63) is 0 Å². The number of carbonyl (C=O) groups excluding carboxylic acids is 2. The highest BCUT2D eigenvalue weighted by Crippen LogP contribution is 1.68. The van der Waals surface area contributed by atoms with Gasteiger partial charge in [0.1, 0.15) is 0 Å². The Kier molecular flexibility index (Phi) is 2.48. The molecule has 0 spiro atoms. The van der Waals surface area contributed by atoms with Crippen LogP contribution in [0.25, 0.3) is 0 Å². The minimum absolute atomic E-state index is 0.273. The predicted molar refractivity (Wildman–Crippen MR) is 23.6 cm³/mol. The predicted octanol–water partition coefficient (Wildman–Crippen LogP) is -0.218. The zero-order chi connectivity index (χ0) is 4.99. The minimum atomic E-state index is -0.634. The second-order valence-electron chi connectivity index (χ2n) is 0.567. The Bertz CT molecular complexity index is 71.9. The van der Waals surface area contributed by atoms with Crippen LogP contribution in [0.4, 0.5) is 4.79 Å². The van der Waals surface area contributed by atoms with Gasteiger partial charge in [-0.2, -0.15) is 0 Å². The molecule has 0 aliphatic heterocycles. The molecular formula is C2H3NO2S. The van der Waals surface area contributed by atoms with Crippen molar-refractivity contribution in [2.75, 3.05) is 0 Å². The van der Waals surface area contributed by atoms with E-state index in [4.69, 9.17) is 0 Å². The maximum Gasteiger partial charge on any atom is 0.282 e. The molecule has 0 fully saturated rings. The van der Waals surface area contributed by atoms with E-state index in [0.29, 0.717) is 0 Å². The summed E-state index contributed by atoms with van der Waals surface area (Å²) in [6.07, 6.45) is 0.273. The van der Waals surface area contributed by atoms with Gasteiger partial charge in [0.25, 0.3) is 5.24 Å². The van der Waals surface area contributed by atoms with Gasteiger partial charge in [0.2, 0.25) is 6.41 Å². The molecule has 0 aromatic carbocycles. The fraction of sp³-hybridized carbons (Fsp3) is 0. The number of hydrogen-bond acceptors (Lipinski definition) is 2. The highest BCUT2D eigenvalue weighted by atomic mass is 32.1. The molecule has 0 aromatic heterocycles. The number of amides is 2. The molecule has 2 amide bonds. The van der Waals surface area contributed by atoms with Gasteiger partial charge >= 0.3 is 0 Å². The number of hydrogen-bond donors (Lipinski definition) is 2. The lowest BCUT2D eigenvalue weighted by molar-refractivity contribution is -0.108. The molecule has 0 aliphatic carbocycles. The maximum absolute atomic E-state index is 9.57. The van der Waals surface area contributed by atoms with Gasteiger partial charge < -0.3 is 0 Å². The quantitative estimate of drug-likeness (QED) is 0.358. The Morgan fingerprint density at radius 1 is 1.83 bits per heavy atom. The van der Waals surface area contributed by atoms with Gasteiger partial charge in [0, 0.05) is 0 Å². The normalized spacial score (nSPS) is 6.83. The smallest absolute Gasteiger partial charge is 0.282 e. The summed E-state index contributed by atoms with van der Waals surface area (Å²) in [5, 5.41) is 1.12. The summed E-state index contributed by atoms with van der Waals surface area (Å²) >= 11 is 3.20. The van der Waals surface area contributed by atoms with Crippen LogP contribution in [-0.2, 0) is 4.79 Å². The molecule has 1 N–H and O–H groups in total. The summed E-state index contributed by atoms with van der Waals surface area (Å²) in [5.41, 5.74) is 0. The van der Waals surface area contributed by atoms with Crippen LogP contribution in [0.1, 0.15) is 0 Å². The zero-order valence-corrected chi connectivity index (χ0v) is 3.74. The Morgan fingerprint density at radius 3 is 2.33 bits per heavy atom. The van der Waals surface area contributed by atoms with Crippen LogP contribution in [0.3, 0.4) is 0 Å². The van der Waals surface area contributed by atoms with Crippen LogP contribution in [-0.4, -0.2) is 11.6 Å². The minimum Gasteiger partial charge on any atom is -0.290 e. The van der Waals surface area contributed by atoms with E-state index in [-0.39, 0.29) is 6.41 Å². The SMILES string of the molecule is O=CNC(=O)S. The summed E-state index contributed by atoms with van der Waals surface area (Å²) in [6.45, 7) is 0. The van der Waals surface area contributed by atoms with E-state index >= 15 is 0 Å². The first kappa shape index (κ1) is 5.49. The fourth-order valence-electron chi connectivity index (χ4n) is 0.0504. The fourth-order valence-corrected chi connectivity index (χ4v) is 0.103.